The lowest BCUT2D eigenvalue weighted by Gasteiger charge is -2.51. The van der Waals surface area contributed by atoms with Crippen molar-refractivity contribution < 1.29 is 9.59 Å². The molecule has 146 valence electrons. The summed E-state index contributed by atoms with van der Waals surface area (Å²) in [6, 6.07) is 3.85. The molecule has 0 aromatic carbocycles. The zero-order valence-corrected chi connectivity index (χ0v) is 16.1. The van der Waals surface area contributed by atoms with Crippen LogP contribution in [0, 0.1) is 5.92 Å². The van der Waals surface area contributed by atoms with E-state index in [1.807, 2.05) is 17.0 Å². The quantitative estimate of drug-likeness (QED) is 0.829. The molecule has 3 aliphatic heterocycles. The summed E-state index contributed by atoms with van der Waals surface area (Å²) in [7, 11) is 2.18. The molecule has 7 heteroatoms. The first-order chi connectivity index (χ1) is 13.1. The zero-order valence-electron chi connectivity index (χ0n) is 16.1. The van der Waals surface area contributed by atoms with Gasteiger partial charge in [0.05, 0.1) is 5.92 Å². The Morgan fingerprint density at radius 1 is 1.33 bits per heavy atom. The van der Waals surface area contributed by atoms with E-state index in [2.05, 4.69) is 22.2 Å². The van der Waals surface area contributed by atoms with E-state index in [4.69, 9.17) is 0 Å². The minimum atomic E-state index is -0.212. The molecule has 2 amide bonds. The number of hydrogen-bond acceptors (Lipinski definition) is 5. The van der Waals surface area contributed by atoms with Gasteiger partial charge in [0.2, 0.25) is 11.8 Å². The highest BCUT2D eigenvalue weighted by Gasteiger charge is 2.44. The van der Waals surface area contributed by atoms with Crippen LogP contribution < -0.4 is 5.32 Å². The summed E-state index contributed by atoms with van der Waals surface area (Å²) < 4.78 is 0. The van der Waals surface area contributed by atoms with Gasteiger partial charge in [-0.15, -0.1) is 0 Å². The molecule has 1 spiro atoms. The van der Waals surface area contributed by atoms with Crippen LogP contribution in [0.5, 0.6) is 0 Å². The summed E-state index contributed by atoms with van der Waals surface area (Å²) in [5, 5.41) is 3.42. The molecule has 7 nitrogen and oxygen atoms in total. The SMILES string of the molecule is CN1CCN(C(=O)C2CC(=O)N(Cc3cccnc3)C2)CC12CCNCC2. The van der Waals surface area contributed by atoms with Gasteiger partial charge in [0.25, 0.3) is 0 Å². The predicted octanol–water partition coefficient (Wildman–Crippen LogP) is 0.326. The van der Waals surface area contributed by atoms with Gasteiger partial charge in [0.15, 0.2) is 0 Å². The first kappa shape index (κ1) is 18.4. The molecule has 4 rings (SSSR count). The maximum Gasteiger partial charge on any atom is 0.228 e. The predicted molar refractivity (Wildman–Crippen MR) is 102 cm³/mol. The normalized spacial score (nSPS) is 26.0. The minimum Gasteiger partial charge on any atom is -0.339 e. The van der Waals surface area contributed by atoms with Crippen molar-refractivity contribution in [1.82, 2.24) is 25.0 Å². The van der Waals surface area contributed by atoms with E-state index in [0.717, 1.165) is 51.1 Å². The average Bonchev–Trinajstić information content (AvgIpc) is 3.05. The topological polar surface area (TPSA) is 68.8 Å². The smallest absolute Gasteiger partial charge is 0.228 e. The second-order valence-electron chi connectivity index (χ2n) is 8.19. The lowest BCUT2D eigenvalue weighted by atomic mass is 9.84. The fourth-order valence-corrected chi connectivity index (χ4v) is 4.74. The number of carbonyl (C=O) groups excluding carboxylic acids is 2. The van der Waals surface area contributed by atoms with Crippen LogP contribution in [0.4, 0.5) is 0 Å². The van der Waals surface area contributed by atoms with E-state index >= 15 is 0 Å². The third kappa shape index (κ3) is 3.71. The molecule has 3 fully saturated rings. The Kier molecular flexibility index (Phi) is 5.14. The van der Waals surface area contributed by atoms with Gasteiger partial charge in [-0.2, -0.15) is 0 Å². The van der Waals surface area contributed by atoms with Crippen LogP contribution in [-0.2, 0) is 16.1 Å². The number of piperidine rings is 1. The number of nitrogens with zero attached hydrogens (tertiary/aromatic N) is 4. The van der Waals surface area contributed by atoms with Crippen molar-refractivity contribution in [2.45, 2.75) is 31.3 Å². The fourth-order valence-electron chi connectivity index (χ4n) is 4.74. The van der Waals surface area contributed by atoms with E-state index in [0.29, 0.717) is 19.5 Å². The summed E-state index contributed by atoms with van der Waals surface area (Å²) in [5.74, 6) is 0.0160. The summed E-state index contributed by atoms with van der Waals surface area (Å²) in [6.45, 7) is 5.53. The second-order valence-corrected chi connectivity index (χ2v) is 8.19. The monoisotopic (exact) mass is 371 g/mol. The fraction of sp³-hybridized carbons (Fsp3) is 0.650. The number of amides is 2. The van der Waals surface area contributed by atoms with Gasteiger partial charge in [-0.25, -0.2) is 0 Å². The highest BCUT2D eigenvalue weighted by atomic mass is 16.2. The molecule has 1 unspecified atom stereocenters. The van der Waals surface area contributed by atoms with Crippen molar-refractivity contribution in [1.29, 1.82) is 0 Å². The number of likely N-dealkylation sites (tertiary alicyclic amines) is 1. The molecule has 0 radical (unpaired) electrons. The Balaban J connectivity index is 1.40. The minimum absolute atomic E-state index is 0.0721. The maximum atomic E-state index is 13.2. The van der Waals surface area contributed by atoms with Gasteiger partial charge in [0.1, 0.15) is 0 Å². The van der Waals surface area contributed by atoms with E-state index in [1.54, 1.807) is 17.3 Å². The van der Waals surface area contributed by atoms with Crippen LogP contribution in [0.3, 0.4) is 0 Å². The van der Waals surface area contributed by atoms with Crippen molar-refractivity contribution >= 4 is 11.8 Å². The first-order valence-corrected chi connectivity index (χ1v) is 9.95. The number of pyridine rings is 1. The van der Waals surface area contributed by atoms with Crippen molar-refractivity contribution in [3.8, 4) is 0 Å². The molecule has 0 aliphatic carbocycles. The molecule has 0 saturated carbocycles. The van der Waals surface area contributed by atoms with Gasteiger partial charge in [0, 0.05) is 57.1 Å². The molecule has 1 atom stereocenters. The third-order valence-corrected chi connectivity index (χ3v) is 6.51. The van der Waals surface area contributed by atoms with Crippen LogP contribution >= 0.6 is 0 Å². The molecule has 1 aromatic rings. The Hall–Kier alpha value is -1.99. The van der Waals surface area contributed by atoms with Crippen LogP contribution in [0.15, 0.2) is 24.5 Å². The number of rotatable bonds is 3. The number of carbonyl (C=O) groups is 2. The second kappa shape index (κ2) is 7.56. The van der Waals surface area contributed by atoms with Gasteiger partial charge in [-0.3, -0.25) is 19.5 Å². The first-order valence-electron chi connectivity index (χ1n) is 9.95. The Morgan fingerprint density at radius 2 is 2.15 bits per heavy atom. The molecule has 4 heterocycles. The largest absolute Gasteiger partial charge is 0.339 e. The molecule has 3 aliphatic rings. The molecule has 3 saturated heterocycles. The average molecular weight is 371 g/mol. The highest BCUT2D eigenvalue weighted by Crippen LogP contribution is 2.31. The van der Waals surface area contributed by atoms with Crippen molar-refractivity contribution in [3.05, 3.63) is 30.1 Å². The number of nitrogens with one attached hydrogen (secondary N) is 1. The van der Waals surface area contributed by atoms with Gasteiger partial charge in [-0.1, -0.05) is 6.07 Å². The van der Waals surface area contributed by atoms with Gasteiger partial charge < -0.3 is 15.1 Å². The van der Waals surface area contributed by atoms with Crippen LogP contribution in [-0.4, -0.2) is 83.4 Å². The molecule has 27 heavy (non-hydrogen) atoms. The van der Waals surface area contributed by atoms with E-state index in [1.165, 1.54) is 0 Å². The van der Waals surface area contributed by atoms with Crippen LogP contribution in [0.1, 0.15) is 24.8 Å². The van der Waals surface area contributed by atoms with Crippen LogP contribution in [0.2, 0.25) is 0 Å². The Morgan fingerprint density at radius 3 is 2.89 bits per heavy atom. The Labute approximate surface area is 160 Å². The number of aromatic nitrogens is 1. The summed E-state index contributed by atoms with van der Waals surface area (Å²) in [4.78, 5) is 36.0. The molecule has 1 N–H and O–H groups in total. The number of piperazine rings is 1. The standard InChI is InChI=1S/C20H29N5O2/c1-23-9-10-24(15-20(23)4-7-21-8-5-20)19(27)17-11-18(26)25(14-17)13-16-3-2-6-22-12-16/h2-3,6,12,17,21H,4-5,7-11,13-15H2,1H3. The molecule has 0 bridgehead atoms. The van der Waals surface area contributed by atoms with Crippen molar-refractivity contribution in [2.75, 3.05) is 46.3 Å². The van der Waals surface area contributed by atoms with Crippen LogP contribution in [0.25, 0.3) is 0 Å². The van der Waals surface area contributed by atoms with E-state index < -0.39 is 0 Å². The van der Waals surface area contributed by atoms with Gasteiger partial charge >= 0.3 is 0 Å². The molecule has 1 aromatic heterocycles. The lowest BCUT2D eigenvalue weighted by Crippen LogP contribution is -2.65. The summed E-state index contributed by atoms with van der Waals surface area (Å²) in [6.07, 6.45) is 5.99. The number of hydrogen-bond donors (Lipinski definition) is 1. The van der Waals surface area contributed by atoms with Crippen molar-refractivity contribution in [3.63, 3.8) is 0 Å². The van der Waals surface area contributed by atoms with Crippen molar-refractivity contribution in [2.24, 2.45) is 5.92 Å². The summed E-state index contributed by atoms with van der Waals surface area (Å²) >= 11 is 0. The molecular formula is C20H29N5O2. The Bertz CT molecular complexity index is 689. The zero-order chi connectivity index (χ0) is 18.9. The lowest BCUT2D eigenvalue weighted by molar-refractivity contribution is -0.141. The van der Waals surface area contributed by atoms with Gasteiger partial charge in [-0.05, 0) is 44.6 Å². The summed E-state index contributed by atoms with van der Waals surface area (Å²) in [5.41, 5.74) is 1.10. The third-order valence-electron chi connectivity index (χ3n) is 6.51. The highest BCUT2D eigenvalue weighted by molar-refractivity contribution is 5.89. The number of likely N-dealkylation sites (N-methyl/N-ethyl adjacent to an activating group) is 1. The van der Waals surface area contributed by atoms with E-state index in [9.17, 15) is 9.59 Å². The maximum absolute atomic E-state index is 13.2. The van der Waals surface area contributed by atoms with E-state index in [-0.39, 0.29) is 23.3 Å². The molecular weight excluding hydrogens is 342 g/mol.